The van der Waals surface area contributed by atoms with Crippen molar-refractivity contribution >= 4 is 21.8 Å². The van der Waals surface area contributed by atoms with Gasteiger partial charge in [-0.2, -0.15) is 11.8 Å². The summed E-state index contributed by atoms with van der Waals surface area (Å²) in [6.07, 6.45) is 2.03. The Bertz CT molecular complexity index is 551. The molecule has 0 amide bonds. The summed E-state index contributed by atoms with van der Waals surface area (Å²) in [6.45, 7) is 2.63. The molecule has 0 radical (unpaired) electrons. The van der Waals surface area contributed by atoms with E-state index >= 15 is 0 Å². The van der Waals surface area contributed by atoms with Crippen molar-refractivity contribution in [2.75, 3.05) is 25.1 Å². The lowest BCUT2D eigenvalue weighted by molar-refractivity contribution is 0.544. The van der Waals surface area contributed by atoms with Crippen LogP contribution >= 0.6 is 11.8 Å². The molecule has 4 nitrogen and oxygen atoms in total. The van der Waals surface area contributed by atoms with Crippen LogP contribution in [0.5, 0.6) is 0 Å². The Hall–Kier alpha value is -0.560. The van der Waals surface area contributed by atoms with E-state index in [2.05, 4.69) is 17.0 Å². The molecule has 1 fully saturated rings. The van der Waals surface area contributed by atoms with Gasteiger partial charge in [-0.1, -0.05) is 19.1 Å². The van der Waals surface area contributed by atoms with E-state index in [0.29, 0.717) is 17.4 Å². The van der Waals surface area contributed by atoms with Gasteiger partial charge in [-0.05, 0) is 55.0 Å². The maximum atomic E-state index is 12.4. The number of nitrogens with one attached hydrogen (secondary N) is 2. The molecule has 1 aromatic carbocycles. The smallest absolute Gasteiger partial charge is 0.240 e. The summed E-state index contributed by atoms with van der Waals surface area (Å²) in [4.78, 5) is 0.361. The first-order valence-corrected chi connectivity index (χ1v) is 10.0. The third kappa shape index (κ3) is 4.45. The number of rotatable bonds is 7. The van der Waals surface area contributed by atoms with Crippen molar-refractivity contribution < 1.29 is 8.42 Å². The molecule has 0 aromatic heterocycles. The first-order chi connectivity index (χ1) is 10.1. The van der Waals surface area contributed by atoms with Crippen LogP contribution in [-0.2, 0) is 10.0 Å². The quantitative estimate of drug-likeness (QED) is 0.807. The van der Waals surface area contributed by atoms with Crippen molar-refractivity contribution in [1.29, 1.82) is 0 Å². The van der Waals surface area contributed by atoms with E-state index in [1.165, 1.54) is 0 Å². The molecule has 0 aliphatic carbocycles. The summed E-state index contributed by atoms with van der Waals surface area (Å²) in [7, 11) is -1.51. The number of benzene rings is 1. The molecule has 118 valence electrons. The zero-order valence-corrected chi connectivity index (χ0v) is 14.3. The van der Waals surface area contributed by atoms with Gasteiger partial charge in [0.25, 0.3) is 0 Å². The van der Waals surface area contributed by atoms with E-state index < -0.39 is 10.0 Å². The van der Waals surface area contributed by atoms with E-state index in [0.717, 1.165) is 29.9 Å². The van der Waals surface area contributed by atoms with Crippen LogP contribution in [0.25, 0.3) is 0 Å². The minimum Gasteiger partial charge on any atom is -0.313 e. The highest BCUT2D eigenvalue weighted by atomic mass is 32.2. The van der Waals surface area contributed by atoms with Crippen molar-refractivity contribution in [3.8, 4) is 0 Å². The van der Waals surface area contributed by atoms with E-state index in [4.69, 9.17) is 0 Å². The van der Waals surface area contributed by atoms with Gasteiger partial charge >= 0.3 is 0 Å². The second-order valence-electron chi connectivity index (χ2n) is 5.40. The molecule has 1 aromatic rings. The maximum Gasteiger partial charge on any atom is 0.240 e. The molecule has 6 heteroatoms. The van der Waals surface area contributed by atoms with Gasteiger partial charge in [-0.3, -0.25) is 0 Å². The van der Waals surface area contributed by atoms with Crippen molar-refractivity contribution in [2.24, 2.45) is 5.92 Å². The predicted octanol–water partition coefficient (Wildman–Crippen LogP) is 2.39. The van der Waals surface area contributed by atoms with Crippen molar-refractivity contribution in [3.05, 3.63) is 29.8 Å². The SMILES string of the molecule is CCC(NC)c1cccc(S(=O)(=O)NCC2CCSC2)c1. The Balaban J connectivity index is 2.09. The van der Waals surface area contributed by atoms with Crippen LogP contribution in [0, 0.1) is 5.92 Å². The predicted molar refractivity (Wildman–Crippen MR) is 89.2 cm³/mol. The lowest BCUT2D eigenvalue weighted by atomic mass is 10.1. The number of sulfonamides is 1. The monoisotopic (exact) mass is 328 g/mol. The number of thioether (sulfide) groups is 1. The molecule has 2 atom stereocenters. The molecule has 0 saturated carbocycles. The van der Waals surface area contributed by atoms with Crippen LogP contribution in [0.3, 0.4) is 0 Å². The van der Waals surface area contributed by atoms with Gasteiger partial charge in [0.15, 0.2) is 0 Å². The molecular weight excluding hydrogens is 304 g/mol. The summed E-state index contributed by atoms with van der Waals surface area (Å²) in [5, 5.41) is 3.21. The number of hydrogen-bond acceptors (Lipinski definition) is 4. The summed E-state index contributed by atoms with van der Waals surface area (Å²) in [5.41, 5.74) is 1.01. The Morgan fingerprint density at radius 1 is 1.43 bits per heavy atom. The van der Waals surface area contributed by atoms with Crippen LogP contribution in [0.1, 0.15) is 31.4 Å². The van der Waals surface area contributed by atoms with Gasteiger partial charge in [0.2, 0.25) is 10.0 Å². The molecule has 1 heterocycles. The average molecular weight is 329 g/mol. The second kappa shape index (κ2) is 7.63. The first-order valence-electron chi connectivity index (χ1n) is 7.41. The Morgan fingerprint density at radius 3 is 2.86 bits per heavy atom. The third-order valence-corrected chi connectivity index (χ3v) is 6.57. The van der Waals surface area contributed by atoms with E-state index in [-0.39, 0.29) is 6.04 Å². The lowest BCUT2D eigenvalue weighted by Crippen LogP contribution is -2.29. The van der Waals surface area contributed by atoms with E-state index in [1.807, 2.05) is 30.9 Å². The first kappa shape index (κ1) is 16.8. The van der Waals surface area contributed by atoms with Crippen molar-refractivity contribution in [3.63, 3.8) is 0 Å². The standard InChI is InChI=1S/C15H24N2O2S2/c1-3-15(16-2)13-5-4-6-14(9-13)21(18,19)17-10-12-7-8-20-11-12/h4-6,9,12,15-17H,3,7-8,10-11H2,1-2H3. The van der Waals surface area contributed by atoms with Crippen LogP contribution < -0.4 is 10.0 Å². The second-order valence-corrected chi connectivity index (χ2v) is 8.32. The summed E-state index contributed by atoms with van der Waals surface area (Å²) in [5.74, 6) is 2.66. The van der Waals surface area contributed by atoms with Crippen LogP contribution in [0.4, 0.5) is 0 Å². The molecular formula is C15H24N2O2S2. The molecule has 1 aliphatic heterocycles. The fraction of sp³-hybridized carbons (Fsp3) is 0.600. The molecule has 21 heavy (non-hydrogen) atoms. The van der Waals surface area contributed by atoms with Crippen molar-refractivity contribution in [1.82, 2.24) is 10.0 Å². The summed E-state index contributed by atoms with van der Waals surface area (Å²) in [6, 6.07) is 7.41. The summed E-state index contributed by atoms with van der Waals surface area (Å²) < 4.78 is 27.6. The van der Waals surface area contributed by atoms with Crippen LogP contribution in [0.2, 0.25) is 0 Å². The van der Waals surface area contributed by atoms with E-state index in [1.54, 1.807) is 12.1 Å². The fourth-order valence-electron chi connectivity index (χ4n) is 2.56. The van der Waals surface area contributed by atoms with Gasteiger partial charge in [0.05, 0.1) is 4.90 Å². The third-order valence-electron chi connectivity index (χ3n) is 3.91. The fourth-order valence-corrected chi connectivity index (χ4v) is 5.02. The maximum absolute atomic E-state index is 12.4. The zero-order valence-electron chi connectivity index (χ0n) is 12.6. The minimum atomic E-state index is -3.41. The molecule has 2 rings (SSSR count). The van der Waals surface area contributed by atoms with Gasteiger partial charge < -0.3 is 5.32 Å². The van der Waals surface area contributed by atoms with Crippen LogP contribution in [0.15, 0.2) is 29.2 Å². The highest BCUT2D eigenvalue weighted by Gasteiger charge is 2.20. The van der Waals surface area contributed by atoms with Gasteiger partial charge in [0, 0.05) is 12.6 Å². The van der Waals surface area contributed by atoms with Crippen LogP contribution in [-0.4, -0.2) is 33.5 Å². The molecule has 2 unspecified atom stereocenters. The average Bonchev–Trinajstić information content (AvgIpc) is 3.00. The molecule has 0 spiro atoms. The zero-order chi connectivity index (χ0) is 15.3. The minimum absolute atomic E-state index is 0.186. The number of hydrogen-bond donors (Lipinski definition) is 2. The highest BCUT2D eigenvalue weighted by molar-refractivity contribution is 7.99. The van der Waals surface area contributed by atoms with Gasteiger partial charge in [-0.25, -0.2) is 13.1 Å². The van der Waals surface area contributed by atoms with Gasteiger partial charge in [0.1, 0.15) is 0 Å². The largest absolute Gasteiger partial charge is 0.313 e. The normalized spacial score (nSPS) is 20.6. The summed E-state index contributed by atoms with van der Waals surface area (Å²) >= 11 is 1.90. The molecule has 2 N–H and O–H groups in total. The Labute approximate surface area is 132 Å². The molecule has 1 saturated heterocycles. The molecule has 1 aliphatic rings. The highest BCUT2D eigenvalue weighted by Crippen LogP contribution is 2.24. The van der Waals surface area contributed by atoms with Gasteiger partial charge in [-0.15, -0.1) is 0 Å². The van der Waals surface area contributed by atoms with E-state index in [9.17, 15) is 8.42 Å². The Kier molecular flexibility index (Phi) is 6.10. The lowest BCUT2D eigenvalue weighted by Gasteiger charge is -2.16. The Morgan fingerprint density at radius 2 is 2.24 bits per heavy atom. The topological polar surface area (TPSA) is 58.2 Å². The molecule has 0 bridgehead atoms. The van der Waals surface area contributed by atoms with Crippen molar-refractivity contribution in [2.45, 2.75) is 30.7 Å².